The molecule has 0 heteroatoms. The molecule has 0 radical (unpaired) electrons. The maximum Gasteiger partial charge on any atom is 0.0159 e. The Bertz CT molecular complexity index is 9830. The zero-order chi connectivity index (χ0) is 93.8. The van der Waals surface area contributed by atoms with Gasteiger partial charge in [0.15, 0.2) is 0 Å². The third-order valence-corrected chi connectivity index (χ3v) is 32.4. The summed E-state index contributed by atoms with van der Waals surface area (Å²) in [6.07, 6.45) is 0. The molecule has 27 aromatic rings. The summed E-state index contributed by atoms with van der Waals surface area (Å²) in [6.45, 7) is 14.3. The summed E-state index contributed by atoms with van der Waals surface area (Å²) in [5.41, 5.74) is 39.0. The molecule has 3 aliphatic rings. The molecule has 0 aromatic heterocycles. The molecule has 0 saturated carbocycles. The minimum atomic E-state index is -0.106. The van der Waals surface area contributed by atoms with Crippen LogP contribution >= 0.6 is 0 Å². The summed E-state index contributed by atoms with van der Waals surface area (Å²) >= 11 is 0. The number of fused-ring (bicyclic) bond motifs is 12. The number of hydrogen-bond donors (Lipinski definition) is 0. The second-order valence-corrected chi connectivity index (χ2v) is 41.3. The van der Waals surface area contributed by atoms with Gasteiger partial charge in [-0.05, 0) is 357 Å². The van der Waals surface area contributed by atoms with E-state index in [0.29, 0.717) is 0 Å². The molecule has 0 atom stereocenters. The molecule has 0 heterocycles. The monoisotopic (exact) mass is 1790 g/mol. The Morgan fingerprint density at radius 3 is 0.603 bits per heavy atom. The molecular formula is C141H96. The zero-order valence-electron chi connectivity index (χ0n) is 79.5. The molecule has 0 unspecified atom stereocenters. The standard InChI is InChI=1S/3C47H32/c1-47(2)43-27-36(19-22-40(43)41-23-20-37(28-44(41)47)35-16-13-29-7-3-4-8-33(29)25-35)34-11-6-12-38(26-34)39-21-17-32-15-14-30-9-5-10-31-18-24-42(39)46(32)45(30)31;1-47(2)43-27-37(20-23-40(43)41-24-21-38(28-44(41)47)36-17-12-29-6-3-4-7-35(29)26-36)30-10-13-31(14-11-30)39-22-18-34-16-15-32-8-5-9-33-19-25-42(39)46(34)45(32)33;1-47(2)43-27-37(31-12-10-30(11-13-31)36-17-14-29-6-3-4-7-35(29)26-36)20-23-40(43)41-24-21-38(28-44(41)47)39-22-18-34-16-15-32-8-5-9-33-19-25-42(39)46(34)45(32)33/h3*3-28H,1-2H3. The second-order valence-electron chi connectivity index (χ2n) is 41.3. The highest BCUT2D eigenvalue weighted by Gasteiger charge is 2.40. The zero-order valence-corrected chi connectivity index (χ0v) is 79.5. The summed E-state index contributed by atoms with van der Waals surface area (Å²) in [6, 6.07) is 177. The number of benzene rings is 27. The average molecular weight is 1790 g/mol. The number of hydrogen-bond acceptors (Lipinski definition) is 0. The van der Waals surface area contributed by atoms with Crippen LogP contribution in [0.3, 0.4) is 0 Å². The van der Waals surface area contributed by atoms with Gasteiger partial charge in [-0.25, -0.2) is 0 Å². The van der Waals surface area contributed by atoms with E-state index in [4.69, 9.17) is 0 Å². The molecule has 27 aromatic carbocycles. The van der Waals surface area contributed by atoms with E-state index in [0.717, 1.165) is 0 Å². The van der Waals surface area contributed by atoms with Gasteiger partial charge >= 0.3 is 0 Å². The Morgan fingerprint density at radius 1 is 0.106 bits per heavy atom. The molecule has 30 rings (SSSR count). The van der Waals surface area contributed by atoms with Crippen molar-refractivity contribution in [2.45, 2.75) is 57.8 Å². The van der Waals surface area contributed by atoms with Gasteiger partial charge in [-0.3, -0.25) is 0 Å². The van der Waals surface area contributed by atoms with E-state index >= 15 is 0 Å². The van der Waals surface area contributed by atoms with Crippen LogP contribution in [0.4, 0.5) is 0 Å². The Balaban J connectivity index is 0.000000104. The number of rotatable bonds is 9. The minimum absolute atomic E-state index is 0.0881. The molecule has 660 valence electrons. The Morgan fingerprint density at radius 2 is 0.284 bits per heavy atom. The molecule has 0 spiro atoms. The van der Waals surface area contributed by atoms with E-state index in [1.165, 1.54) is 296 Å². The molecule has 0 aliphatic heterocycles. The third-order valence-electron chi connectivity index (χ3n) is 32.4. The van der Waals surface area contributed by atoms with Gasteiger partial charge in [0.2, 0.25) is 0 Å². The normalized spacial score (nSPS) is 13.5. The smallest absolute Gasteiger partial charge is 0.0159 e. The molecule has 0 saturated heterocycles. The molecule has 141 heavy (non-hydrogen) atoms. The molecule has 0 amide bonds. The maximum absolute atomic E-state index is 2.46. The Labute approximate surface area is 821 Å². The molecule has 3 aliphatic carbocycles. The molecule has 0 nitrogen and oxygen atoms in total. The van der Waals surface area contributed by atoms with Gasteiger partial charge in [-0.1, -0.05) is 454 Å². The van der Waals surface area contributed by atoms with Gasteiger partial charge in [-0.2, -0.15) is 0 Å². The highest BCUT2D eigenvalue weighted by Crippen LogP contribution is 2.56. The van der Waals surface area contributed by atoms with Crippen molar-refractivity contribution in [2.75, 3.05) is 0 Å². The minimum Gasteiger partial charge on any atom is -0.0616 e. The lowest BCUT2D eigenvalue weighted by Crippen LogP contribution is -2.15. The highest BCUT2D eigenvalue weighted by molar-refractivity contribution is 6.28. The maximum atomic E-state index is 2.46. The highest BCUT2D eigenvalue weighted by atomic mass is 14.4. The lowest BCUT2D eigenvalue weighted by Gasteiger charge is -2.23. The fraction of sp³-hybridized carbons (Fsp3) is 0.0638. The molecule has 0 bridgehead atoms. The topological polar surface area (TPSA) is 0 Å². The van der Waals surface area contributed by atoms with Crippen LogP contribution in [0.5, 0.6) is 0 Å². The van der Waals surface area contributed by atoms with Crippen molar-refractivity contribution in [2.24, 2.45) is 0 Å². The van der Waals surface area contributed by atoms with Crippen LogP contribution in [0.2, 0.25) is 0 Å². The average Bonchev–Trinajstić information content (AvgIpc) is 1.09. The molecular weight excluding hydrogens is 1690 g/mol. The van der Waals surface area contributed by atoms with Crippen molar-refractivity contribution >= 4 is 129 Å². The largest absolute Gasteiger partial charge is 0.0616 e. The first kappa shape index (κ1) is 82.1. The van der Waals surface area contributed by atoms with Crippen LogP contribution in [0.15, 0.2) is 473 Å². The summed E-state index contributed by atoms with van der Waals surface area (Å²) in [5, 5.41) is 31.6. The van der Waals surface area contributed by atoms with Crippen LogP contribution in [0.25, 0.3) is 263 Å². The van der Waals surface area contributed by atoms with E-state index in [9.17, 15) is 0 Å². The first-order valence-corrected chi connectivity index (χ1v) is 49.8. The lowest BCUT2D eigenvalue weighted by atomic mass is 9.80. The predicted octanol–water partition coefficient (Wildman–Crippen LogP) is 39.1. The Hall–Kier alpha value is -17.2. The van der Waals surface area contributed by atoms with E-state index in [1.54, 1.807) is 0 Å². The lowest BCUT2D eigenvalue weighted by molar-refractivity contribution is 0.660. The van der Waals surface area contributed by atoms with Crippen LogP contribution in [0.1, 0.15) is 74.9 Å². The SMILES string of the molecule is CC1(C)c2cc(-c3ccc(-c4ccc5ccc6cccc7ccc4c5c67)cc3)ccc2-c2ccc(-c3ccc4ccccc4c3)cc21.CC1(C)c2cc(-c3ccc(-c4ccc5ccccc5c4)cc3)ccc2-c2ccc(-c3ccc4ccc5cccc6ccc3c4c56)cc21.CC1(C)c2cc(-c3cccc(-c4ccc5ccc6cccc7ccc4c5c67)c3)ccc2-c2ccc(-c3ccc4ccccc4c3)cc21. The van der Waals surface area contributed by atoms with Crippen LogP contribution < -0.4 is 0 Å². The van der Waals surface area contributed by atoms with Crippen molar-refractivity contribution in [3.63, 3.8) is 0 Å². The van der Waals surface area contributed by atoms with Gasteiger partial charge in [0.1, 0.15) is 0 Å². The summed E-state index contributed by atoms with van der Waals surface area (Å²) in [7, 11) is 0. The van der Waals surface area contributed by atoms with E-state index < -0.39 is 0 Å². The van der Waals surface area contributed by atoms with Gasteiger partial charge in [-0.15, -0.1) is 0 Å². The fourth-order valence-electron chi connectivity index (χ4n) is 24.9. The fourth-order valence-corrected chi connectivity index (χ4v) is 24.9. The van der Waals surface area contributed by atoms with Gasteiger partial charge in [0.05, 0.1) is 0 Å². The van der Waals surface area contributed by atoms with Crippen molar-refractivity contribution in [3.05, 3.63) is 507 Å². The van der Waals surface area contributed by atoms with Gasteiger partial charge in [0.25, 0.3) is 0 Å². The third kappa shape index (κ3) is 13.1. The van der Waals surface area contributed by atoms with E-state index in [2.05, 4.69) is 515 Å². The Kier molecular flexibility index (Phi) is 18.3. The summed E-state index contributed by atoms with van der Waals surface area (Å²) in [4.78, 5) is 0. The second kappa shape index (κ2) is 31.4. The quantitative estimate of drug-likeness (QED) is 0.126. The van der Waals surface area contributed by atoms with Gasteiger partial charge in [0, 0.05) is 16.2 Å². The summed E-state index contributed by atoms with van der Waals surface area (Å²) < 4.78 is 0. The van der Waals surface area contributed by atoms with Crippen molar-refractivity contribution in [1.29, 1.82) is 0 Å². The predicted molar refractivity (Wildman–Crippen MR) is 605 cm³/mol. The molecule has 0 N–H and O–H groups in total. The first-order valence-electron chi connectivity index (χ1n) is 49.8. The summed E-state index contributed by atoms with van der Waals surface area (Å²) in [5.74, 6) is 0. The van der Waals surface area contributed by atoms with E-state index in [-0.39, 0.29) is 16.2 Å². The van der Waals surface area contributed by atoms with Crippen molar-refractivity contribution < 1.29 is 0 Å². The van der Waals surface area contributed by atoms with E-state index in [1.807, 2.05) is 0 Å². The van der Waals surface area contributed by atoms with Crippen LogP contribution in [-0.4, -0.2) is 0 Å². The van der Waals surface area contributed by atoms with Crippen molar-refractivity contribution in [3.8, 4) is 134 Å². The first-order chi connectivity index (χ1) is 69.1. The van der Waals surface area contributed by atoms with Gasteiger partial charge < -0.3 is 0 Å². The molecule has 0 fully saturated rings. The van der Waals surface area contributed by atoms with Crippen LogP contribution in [-0.2, 0) is 16.2 Å². The van der Waals surface area contributed by atoms with Crippen molar-refractivity contribution in [1.82, 2.24) is 0 Å². The van der Waals surface area contributed by atoms with Crippen LogP contribution in [0, 0.1) is 0 Å².